The predicted molar refractivity (Wildman–Crippen MR) is 143 cm³/mol. The van der Waals surface area contributed by atoms with Gasteiger partial charge in [0.25, 0.3) is 0 Å². The van der Waals surface area contributed by atoms with Crippen LogP contribution >= 0.6 is 0 Å². The Bertz CT molecular complexity index is 1570. The lowest BCUT2D eigenvalue weighted by atomic mass is 9.97. The Morgan fingerprint density at radius 3 is 2.64 bits per heavy atom. The maximum Gasteiger partial charge on any atom is 0.123 e. The number of fused-ring (bicyclic) bond motifs is 1. The molecule has 7 heteroatoms. The Hall–Kier alpha value is -4.36. The minimum Gasteiger partial charge on any atom is -0.357 e. The lowest BCUT2D eigenvalue weighted by Gasteiger charge is -2.10. The van der Waals surface area contributed by atoms with Crippen LogP contribution in [0.15, 0.2) is 79.8 Å². The second-order valence-corrected chi connectivity index (χ2v) is 9.05. The number of aromatic amines is 2. The molecule has 6 nitrogen and oxygen atoms in total. The molecule has 0 spiro atoms. The molecule has 4 heterocycles. The van der Waals surface area contributed by atoms with Gasteiger partial charge in [-0.2, -0.15) is 5.10 Å². The highest BCUT2D eigenvalue weighted by atomic mass is 19.1. The maximum absolute atomic E-state index is 13.5. The van der Waals surface area contributed by atoms with Crippen molar-refractivity contribution in [3.05, 3.63) is 108 Å². The molecule has 0 bridgehead atoms. The van der Waals surface area contributed by atoms with Crippen LogP contribution in [-0.2, 0) is 6.54 Å². The van der Waals surface area contributed by atoms with Crippen molar-refractivity contribution >= 4 is 16.5 Å². The fourth-order valence-electron chi connectivity index (χ4n) is 4.41. The number of pyridine rings is 2. The molecule has 36 heavy (non-hydrogen) atoms. The number of allylic oxidation sites excluding steroid dienone is 2. The molecule has 0 saturated heterocycles. The van der Waals surface area contributed by atoms with Gasteiger partial charge in [-0.15, -0.1) is 0 Å². The van der Waals surface area contributed by atoms with Gasteiger partial charge in [-0.05, 0) is 68.1 Å². The Kier molecular flexibility index (Phi) is 6.31. The first-order chi connectivity index (χ1) is 17.4. The molecule has 0 aliphatic heterocycles. The summed E-state index contributed by atoms with van der Waals surface area (Å²) in [5, 5.41) is 8.65. The topological polar surface area (TPSA) is 73.5 Å². The van der Waals surface area contributed by atoms with E-state index >= 15 is 0 Å². The second-order valence-electron chi connectivity index (χ2n) is 9.05. The Balaban J connectivity index is 1.56. The van der Waals surface area contributed by atoms with Crippen molar-refractivity contribution in [1.82, 2.24) is 30.0 Å². The number of hydrogen-bond donors (Lipinski definition) is 2. The number of rotatable bonds is 7. The summed E-state index contributed by atoms with van der Waals surface area (Å²) in [6.45, 7) is 6.69. The smallest absolute Gasteiger partial charge is 0.123 e. The third-order valence-corrected chi connectivity index (χ3v) is 6.04. The van der Waals surface area contributed by atoms with E-state index in [1.54, 1.807) is 24.4 Å². The van der Waals surface area contributed by atoms with Crippen LogP contribution in [0, 0.1) is 12.7 Å². The summed E-state index contributed by atoms with van der Waals surface area (Å²) >= 11 is 0. The Labute approximate surface area is 209 Å². The molecule has 4 aromatic heterocycles. The van der Waals surface area contributed by atoms with E-state index in [0.717, 1.165) is 68.1 Å². The van der Waals surface area contributed by atoms with Gasteiger partial charge in [-0.25, -0.2) is 4.39 Å². The Morgan fingerprint density at radius 1 is 1.08 bits per heavy atom. The predicted octanol–water partition coefficient (Wildman–Crippen LogP) is 6.14. The number of nitrogens with one attached hydrogen (secondary N) is 2. The molecule has 2 N–H and O–H groups in total. The van der Waals surface area contributed by atoms with Crippen LogP contribution < -0.4 is 0 Å². The van der Waals surface area contributed by atoms with E-state index in [2.05, 4.69) is 48.8 Å². The minimum atomic E-state index is -0.266. The lowest BCUT2D eigenvalue weighted by molar-refractivity contribution is 0.402. The van der Waals surface area contributed by atoms with Gasteiger partial charge in [0.1, 0.15) is 11.5 Å². The number of benzene rings is 1. The summed E-state index contributed by atoms with van der Waals surface area (Å²) in [5.41, 5.74) is 9.29. The summed E-state index contributed by atoms with van der Waals surface area (Å²) in [4.78, 5) is 14.6. The minimum absolute atomic E-state index is 0.266. The van der Waals surface area contributed by atoms with Crippen LogP contribution in [0.1, 0.15) is 22.4 Å². The van der Waals surface area contributed by atoms with E-state index in [1.807, 2.05) is 45.6 Å². The van der Waals surface area contributed by atoms with Gasteiger partial charge >= 0.3 is 0 Å². The summed E-state index contributed by atoms with van der Waals surface area (Å²) in [5.74, 6) is -0.266. The number of H-pyrrole nitrogens is 2. The first-order valence-electron chi connectivity index (χ1n) is 11.6. The van der Waals surface area contributed by atoms with Crippen LogP contribution in [0.25, 0.3) is 39.1 Å². The molecular formula is C29H27FN6. The second kappa shape index (κ2) is 9.71. The van der Waals surface area contributed by atoms with Crippen molar-refractivity contribution in [2.75, 3.05) is 14.1 Å². The van der Waals surface area contributed by atoms with E-state index in [0.29, 0.717) is 0 Å². The molecule has 0 saturated carbocycles. The van der Waals surface area contributed by atoms with Crippen molar-refractivity contribution in [2.24, 2.45) is 0 Å². The number of halogens is 1. The molecule has 180 valence electrons. The monoisotopic (exact) mass is 478 g/mol. The first kappa shape index (κ1) is 23.4. The first-order valence-corrected chi connectivity index (χ1v) is 11.6. The zero-order valence-corrected chi connectivity index (χ0v) is 20.5. The highest BCUT2D eigenvalue weighted by Crippen LogP contribution is 2.34. The average molecular weight is 479 g/mol. The lowest BCUT2D eigenvalue weighted by Crippen LogP contribution is -2.10. The molecule has 1 aromatic carbocycles. The molecular weight excluding hydrogens is 451 g/mol. The fourth-order valence-corrected chi connectivity index (χ4v) is 4.41. The third-order valence-electron chi connectivity index (χ3n) is 6.04. The molecule has 0 amide bonds. The molecule has 0 atom stereocenters. The van der Waals surface area contributed by atoms with Crippen LogP contribution in [0.2, 0.25) is 0 Å². The molecule has 0 radical (unpaired) electrons. The largest absolute Gasteiger partial charge is 0.357 e. The van der Waals surface area contributed by atoms with Gasteiger partial charge in [0.05, 0.1) is 23.1 Å². The quantitative estimate of drug-likeness (QED) is 0.276. The van der Waals surface area contributed by atoms with E-state index in [1.165, 1.54) is 12.1 Å². The van der Waals surface area contributed by atoms with E-state index < -0.39 is 0 Å². The zero-order valence-electron chi connectivity index (χ0n) is 20.5. The zero-order chi connectivity index (χ0) is 25.2. The van der Waals surface area contributed by atoms with Gasteiger partial charge < -0.3 is 9.88 Å². The molecule has 0 aliphatic carbocycles. The Morgan fingerprint density at radius 2 is 1.89 bits per heavy atom. The van der Waals surface area contributed by atoms with Crippen molar-refractivity contribution in [1.29, 1.82) is 0 Å². The normalized spacial score (nSPS) is 12.0. The van der Waals surface area contributed by atoms with Gasteiger partial charge in [0.15, 0.2) is 0 Å². The molecule has 5 rings (SSSR count). The third kappa shape index (κ3) is 4.61. The van der Waals surface area contributed by atoms with Gasteiger partial charge in [0, 0.05) is 41.1 Å². The number of hydrogen-bond acceptors (Lipinski definition) is 4. The number of aryl methyl sites for hydroxylation is 1. The molecule has 0 unspecified atom stereocenters. The van der Waals surface area contributed by atoms with Crippen LogP contribution in [0.5, 0.6) is 0 Å². The van der Waals surface area contributed by atoms with Crippen LogP contribution in [0.3, 0.4) is 0 Å². The summed E-state index contributed by atoms with van der Waals surface area (Å²) in [6, 6.07) is 12.7. The van der Waals surface area contributed by atoms with Crippen molar-refractivity contribution in [3.8, 4) is 22.6 Å². The van der Waals surface area contributed by atoms with Crippen LogP contribution in [-0.4, -0.2) is 44.1 Å². The molecule has 0 fully saturated rings. The maximum atomic E-state index is 13.5. The highest BCUT2D eigenvalue weighted by molar-refractivity contribution is 5.95. The summed E-state index contributed by atoms with van der Waals surface area (Å²) in [6.07, 6.45) is 9.19. The summed E-state index contributed by atoms with van der Waals surface area (Å²) < 4.78 is 13.5. The van der Waals surface area contributed by atoms with E-state index in [9.17, 15) is 4.39 Å². The average Bonchev–Trinajstić information content (AvgIpc) is 3.45. The highest BCUT2D eigenvalue weighted by Gasteiger charge is 2.17. The molecule has 0 aliphatic rings. The number of aromatic nitrogens is 5. The standard InChI is InChI=1S/C29H27FN6/c1-5-6-23(20-7-9-22(30)10-8-20)24-12-27(33-18(24)2)29-25-13-26(32-16-28(25)34-35-29)21-11-19(14-31-15-21)17-36(3)4/h5-16,33H,1,17H2,2-4H3,(H,34,35)/b23-6-. The number of nitrogens with zero attached hydrogens (tertiary/aromatic N) is 4. The van der Waals surface area contributed by atoms with Crippen LogP contribution in [0.4, 0.5) is 4.39 Å². The molecule has 5 aromatic rings. The van der Waals surface area contributed by atoms with E-state index in [4.69, 9.17) is 0 Å². The van der Waals surface area contributed by atoms with E-state index in [-0.39, 0.29) is 5.82 Å². The van der Waals surface area contributed by atoms with Crippen molar-refractivity contribution in [3.63, 3.8) is 0 Å². The van der Waals surface area contributed by atoms with Gasteiger partial charge in [-0.3, -0.25) is 15.1 Å². The van der Waals surface area contributed by atoms with Crippen molar-refractivity contribution in [2.45, 2.75) is 13.5 Å². The van der Waals surface area contributed by atoms with Gasteiger partial charge in [0.2, 0.25) is 0 Å². The van der Waals surface area contributed by atoms with Crippen molar-refractivity contribution < 1.29 is 4.39 Å². The summed E-state index contributed by atoms with van der Waals surface area (Å²) in [7, 11) is 4.07. The van der Waals surface area contributed by atoms with Gasteiger partial charge in [-0.1, -0.05) is 30.9 Å². The SMILES string of the molecule is C=C/C=C(/c1ccc(F)cc1)c1cc(-c2n[nH]c3cnc(-c4cncc(CN(C)C)c4)cc23)[nH]c1C. The fraction of sp³-hybridized carbons (Fsp3) is 0.138.